The molecule has 21 heavy (non-hydrogen) atoms. The molecular weight excluding hydrogens is 264 g/mol. The van der Waals surface area contributed by atoms with Crippen molar-refractivity contribution in [2.45, 2.75) is 58.7 Å². The summed E-state index contributed by atoms with van der Waals surface area (Å²) in [6.07, 6.45) is 7.45. The Balaban J connectivity index is 2.92. The highest BCUT2D eigenvalue weighted by molar-refractivity contribution is 5.12. The number of aromatic nitrogens is 2. The van der Waals surface area contributed by atoms with Gasteiger partial charge in [0.15, 0.2) is 0 Å². The fraction of sp³-hybridized carbons (Fsp3) is 0.812. The molecule has 1 atom stereocenters. The van der Waals surface area contributed by atoms with Crippen molar-refractivity contribution < 1.29 is 4.74 Å². The molecular formula is C16H32N4O. The third-order valence-corrected chi connectivity index (χ3v) is 4.08. The highest BCUT2D eigenvalue weighted by Crippen LogP contribution is 2.24. The van der Waals surface area contributed by atoms with Gasteiger partial charge in [-0.25, -0.2) is 0 Å². The minimum Gasteiger partial charge on any atom is -0.383 e. The van der Waals surface area contributed by atoms with Crippen molar-refractivity contribution in [3.63, 3.8) is 0 Å². The summed E-state index contributed by atoms with van der Waals surface area (Å²) in [5.41, 5.74) is 7.30. The van der Waals surface area contributed by atoms with Crippen molar-refractivity contribution in [2.24, 2.45) is 5.73 Å². The maximum atomic E-state index is 6.09. The summed E-state index contributed by atoms with van der Waals surface area (Å²) in [5.74, 6) is 0. The van der Waals surface area contributed by atoms with E-state index in [2.05, 4.69) is 37.0 Å². The van der Waals surface area contributed by atoms with Crippen LogP contribution in [0.2, 0.25) is 0 Å². The van der Waals surface area contributed by atoms with E-state index in [0.717, 1.165) is 39.0 Å². The number of aryl methyl sites for hydroxylation is 1. The van der Waals surface area contributed by atoms with Crippen LogP contribution in [0.4, 0.5) is 0 Å². The summed E-state index contributed by atoms with van der Waals surface area (Å²) < 4.78 is 7.30. The summed E-state index contributed by atoms with van der Waals surface area (Å²) in [6.45, 7) is 9.85. The number of hydrogen-bond donors (Lipinski definition) is 1. The molecule has 2 N–H and O–H groups in total. The molecule has 1 unspecified atom stereocenters. The normalized spacial score (nSPS) is 13.3. The largest absolute Gasteiger partial charge is 0.383 e. The molecule has 1 heterocycles. The lowest BCUT2D eigenvalue weighted by Gasteiger charge is -2.36. The first-order valence-electron chi connectivity index (χ1n) is 8.18. The van der Waals surface area contributed by atoms with Crippen LogP contribution in [0.3, 0.4) is 0 Å². The molecule has 0 saturated carbocycles. The Morgan fingerprint density at radius 3 is 2.57 bits per heavy atom. The molecule has 0 fully saturated rings. The van der Waals surface area contributed by atoms with Crippen molar-refractivity contribution in [1.29, 1.82) is 0 Å². The number of hydrogen-bond acceptors (Lipinski definition) is 4. The topological polar surface area (TPSA) is 56.3 Å². The smallest absolute Gasteiger partial charge is 0.0590 e. The molecule has 5 nitrogen and oxygen atoms in total. The van der Waals surface area contributed by atoms with Crippen LogP contribution in [0.25, 0.3) is 0 Å². The molecule has 122 valence electrons. The van der Waals surface area contributed by atoms with Crippen LogP contribution in [0.1, 0.15) is 51.6 Å². The van der Waals surface area contributed by atoms with E-state index in [1.54, 1.807) is 7.11 Å². The van der Waals surface area contributed by atoms with E-state index in [9.17, 15) is 0 Å². The standard InChI is InChI=1S/C16H32N4O/c1-5-8-19-13-14(12-18-19)16(11-17)20(9-10-21-4)15(6-2)7-3/h12-13,15-16H,5-11,17H2,1-4H3. The van der Waals surface area contributed by atoms with Gasteiger partial charge in [0.2, 0.25) is 0 Å². The van der Waals surface area contributed by atoms with Crippen molar-refractivity contribution in [3.05, 3.63) is 18.0 Å². The fourth-order valence-electron chi connectivity index (χ4n) is 2.91. The summed E-state index contributed by atoms with van der Waals surface area (Å²) in [6, 6.07) is 0.749. The van der Waals surface area contributed by atoms with Crippen LogP contribution in [0, 0.1) is 0 Å². The Labute approximate surface area is 129 Å². The van der Waals surface area contributed by atoms with Crippen LogP contribution in [-0.4, -0.2) is 47.5 Å². The number of nitrogens with zero attached hydrogens (tertiary/aromatic N) is 3. The van der Waals surface area contributed by atoms with Gasteiger partial charge in [0.25, 0.3) is 0 Å². The maximum absolute atomic E-state index is 6.09. The Kier molecular flexibility index (Phi) is 8.57. The van der Waals surface area contributed by atoms with Crippen LogP contribution < -0.4 is 5.73 Å². The molecule has 0 aliphatic heterocycles. The highest BCUT2D eigenvalue weighted by Gasteiger charge is 2.25. The molecule has 0 aliphatic rings. The van der Waals surface area contributed by atoms with Gasteiger partial charge < -0.3 is 10.5 Å². The summed E-state index contributed by atoms with van der Waals surface area (Å²) >= 11 is 0. The average Bonchev–Trinajstić information content (AvgIpc) is 2.95. The quantitative estimate of drug-likeness (QED) is 0.681. The van der Waals surface area contributed by atoms with E-state index < -0.39 is 0 Å². The van der Waals surface area contributed by atoms with Crippen molar-refractivity contribution in [1.82, 2.24) is 14.7 Å². The SMILES string of the molecule is CCCn1cc(C(CN)N(CCOC)C(CC)CC)cn1. The van der Waals surface area contributed by atoms with Crippen LogP contribution >= 0.6 is 0 Å². The lowest BCUT2D eigenvalue weighted by atomic mass is 10.0. The van der Waals surface area contributed by atoms with Gasteiger partial charge in [-0.2, -0.15) is 5.10 Å². The first-order chi connectivity index (χ1) is 10.2. The molecule has 1 rings (SSSR count). The molecule has 5 heteroatoms. The zero-order valence-electron chi connectivity index (χ0n) is 14.1. The molecule has 0 aromatic carbocycles. The van der Waals surface area contributed by atoms with Gasteiger partial charge in [-0.15, -0.1) is 0 Å². The summed E-state index contributed by atoms with van der Waals surface area (Å²) in [4.78, 5) is 2.48. The number of ether oxygens (including phenoxy) is 1. The van der Waals surface area contributed by atoms with Gasteiger partial charge in [-0.1, -0.05) is 20.8 Å². The molecule has 0 radical (unpaired) electrons. The van der Waals surface area contributed by atoms with Gasteiger partial charge in [0.05, 0.1) is 18.8 Å². The lowest BCUT2D eigenvalue weighted by molar-refractivity contribution is 0.0817. The van der Waals surface area contributed by atoms with Gasteiger partial charge in [0.1, 0.15) is 0 Å². The second-order valence-corrected chi connectivity index (χ2v) is 5.49. The Hall–Kier alpha value is -0.910. The predicted molar refractivity (Wildman–Crippen MR) is 87.3 cm³/mol. The summed E-state index contributed by atoms with van der Waals surface area (Å²) in [5, 5.41) is 4.45. The average molecular weight is 296 g/mol. The second-order valence-electron chi connectivity index (χ2n) is 5.49. The van der Waals surface area contributed by atoms with E-state index in [-0.39, 0.29) is 6.04 Å². The van der Waals surface area contributed by atoms with Crippen LogP contribution in [0.5, 0.6) is 0 Å². The first-order valence-corrected chi connectivity index (χ1v) is 8.18. The number of rotatable bonds is 11. The van der Waals surface area contributed by atoms with Crippen molar-refractivity contribution >= 4 is 0 Å². The highest BCUT2D eigenvalue weighted by atomic mass is 16.5. The minimum atomic E-state index is 0.218. The molecule has 1 aromatic heterocycles. The van der Waals surface area contributed by atoms with Crippen molar-refractivity contribution in [3.8, 4) is 0 Å². The lowest BCUT2D eigenvalue weighted by Crippen LogP contribution is -2.42. The van der Waals surface area contributed by atoms with E-state index in [0.29, 0.717) is 12.6 Å². The third-order valence-electron chi connectivity index (χ3n) is 4.08. The first kappa shape index (κ1) is 18.1. The minimum absolute atomic E-state index is 0.218. The number of nitrogens with two attached hydrogens (primary N) is 1. The zero-order chi connectivity index (χ0) is 15.7. The monoisotopic (exact) mass is 296 g/mol. The van der Waals surface area contributed by atoms with Gasteiger partial charge in [-0.3, -0.25) is 9.58 Å². The van der Waals surface area contributed by atoms with E-state index in [1.165, 1.54) is 5.56 Å². The number of methoxy groups -OCH3 is 1. The van der Waals surface area contributed by atoms with E-state index >= 15 is 0 Å². The molecule has 0 saturated heterocycles. The molecule has 0 spiro atoms. The molecule has 0 amide bonds. The fourth-order valence-corrected chi connectivity index (χ4v) is 2.91. The zero-order valence-corrected chi connectivity index (χ0v) is 14.1. The summed E-state index contributed by atoms with van der Waals surface area (Å²) in [7, 11) is 1.75. The van der Waals surface area contributed by atoms with Gasteiger partial charge in [-0.05, 0) is 19.3 Å². The van der Waals surface area contributed by atoms with E-state index in [4.69, 9.17) is 10.5 Å². The van der Waals surface area contributed by atoms with Crippen molar-refractivity contribution in [2.75, 3.05) is 26.8 Å². The molecule has 0 bridgehead atoms. The van der Waals surface area contributed by atoms with Crippen LogP contribution in [-0.2, 0) is 11.3 Å². The Morgan fingerprint density at radius 2 is 2.05 bits per heavy atom. The predicted octanol–water partition coefficient (Wildman–Crippen LogP) is 2.43. The Morgan fingerprint density at radius 1 is 1.33 bits per heavy atom. The van der Waals surface area contributed by atoms with Gasteiger partial charge in [0, 0.05) is 44.5 Å². The Bertz CT molecular complexity index is 376. The van der Waals surface area contributed by atoms with E-state index in [1.807, 2.05) is 10.9 Å². The molecule has 1 aromatic rings. The third kappa shape index (κ3) is 5.09. The maximum Gasteiger partial charge on any atom is 0.0590 e. The molecule has 0 aliphatic carbocycles. The van der Waals surface area contributed by atoms with Crippen LogP contribution in [0.15, 0.2) is 12.4 Å². The second kappa shape index (κ2) is 9.92. The van der Waals surface area contributed by atoms with Gasteiger partial charge >= 0.3 is 0 Å².